The third kappa shape index (κ3) is 2.12. The molecule has 0 saturated carbocycles. The van der Waals surface area contributed by atoms with Crippen LogP contribution >= 0.6 is 0 Å². The van der Waals surface area contributed by atoms with Crippen molar-refractivity contribution in [1.29, 1.82) is 0 Å². The zero-order chi connectivity index (χ0) is 10.5. The van der Waals surface area contributed by atoms with Gasteiger partial charge in [-0.1, -0.05) is 0 Å². The molecule has 2 rings (SSSR count). The molecule has 0 heteroatoms. The van der Waals surface area contributed by atoms with Crippen LogP contribution in [0.15, 0.2) is 60.7 Å². The van der Waals surface area contributed by atoms with E-state index in [2.05, 4.69) is 5.92 Å². The fourth-order valence-corrected chi connectivity index (χ4v) is 1.52. The van der Waals surface area contributed by atoms with Crippen LogP contribution in [0.1, 0.15) is 11.1 Å². The van der Waals surface area contributed by atoms with Gasteiger partial charge in [0.15, 0.2) is 0 Å². The van der Waals surface area contributed by atoms with Crippen LogP contribution in [0, 0.1) is 18.3 Å². The first-order valence-electron chi connectivity index (χ1n) is 4.82. The van der Waals surface area contributed by atoms with Gasteiger partial charge < -0.3 is 0 Å². The topological polar surface area (TPSA) is 0 Å². The van der Waals surface area contributed by atoms with Crippen molar-refractivity contribution in [3.8, 4) is 5.92 Å². The molecule has 0 atom stereocenters. The van der Waals surface area contributed by atoms with Gasteiger partial charge in [-0.3, -0.25) is 0 Å². The van der Waals surface area contributed by atoms with Crippen LogP contribution in [0.2, 0.25) is 0 Å². The van der Waals surface area contributed by atoms with Gasteiger partial charge in [-0.25, -0.2) is 0 Å². The quantitative estimate of drug-likeness (QED) is 0.503. The van der Waals surface area contributed by atoms with E-state index in [1.807, 2.05) is 60.7 Å². The Morgan fingerprint density at radius 2 is 1.13 bits per heavy atom. The van der Waals surface area contributed by atoms with Crippen LogP contribution in [-0.4, -0.2) is 0 Å². The fourth-order valence-electron chi connectivity index (χ4n) is 1.52. The summed E-state index contributed by atoms with van der Waals surface area (Å²) in [4.78, 5) is 0. The zero-order valence-electron chi connectivity index (χ0n) is 8.27. The Bertz CT molecular complexity index is 409. The van der Waals surface area contributed by atoms with Crippen LogP contribution in [0.4, 0.5) is 0 Å². The van der Waals surface area contributed by atoms with Crippen LogP contribution < -0.4 is 0 Å². The van der Waals surface area contributed by atoms with E-state index in [-0.39, 0.29) is 0 Å². The average molecular weight is 190 g/mol. The summed E-state index contributed by atoms with van der Waals surface area (Å²) in [5.41, 5.74) is 2.05. The van der Waals surface area contributed by atoms with Crippen LogP contribution in [-0.2, 0) is 0 Å². The predicted molar refractivity (Wildman–Crippen MR) is 61.5 cm³/mol. The minimum absolute atomic E-state index is 0.830. The van der Waals surface area contributed by atoms with Gasteiger partial charge in [0.2, 0.25) is 0 Å². The standard InChI is InChI=1S/C15H10/c1-2-15(13-9-5-3-6-10-13)14-11-7-4-8-12-14/h3-12H. The second-order valence-electron chi connectivity index (χ2n) is 3.23. The van der Waals surface area contributed by atoms with Crippen molar-refractivity contribution in [1.82, 2.24) is 0 Å². The Labute approximate surface area is 90.6 Å². The molecule has 2 aromatic rings. The molecular formula is C15H10. The van der Waals surface area contributed by atoms with E-state index in [1.54, 1.807) is 0 Å². The van der Waals surface area contributed by atoms with E-state index in [0.29, 0.717) is 0 Å². The van der Waals surface area contributed by atoms with Crippen molar-refractivity contribution in [2.45, 2.75) is 0 Å². The monoisotopic (exact) mass is 190 g/mol. The number of hydrogen-bond donors (Lipinski definition) is 0. The van der Waals surface area contributed by atoms with E-state index in [9.17, 15) is 0 Å². The summed E-state index contributed by atoms with van der Waals surface area (Å²) in [7, 11) is 0. The van der Waals surface area contributed by atoms with E-state index in [1.165, 1.54) is 0 Å². The second kappa shape index (κ2) is 4.54. The molecule has 0 saturated heterocycles. The summed E-state index contributed by atoms with van der Waals surface area (Å²) >= 11 is 0. The van der Waals surface area contributed by atoms with Gasteiger partial charge in [-0.05, 0) is 0 Å². The minimum atomic E-state index is 0.830. The van der Waals surface area contributed by atoms with E-state index in [4.69, 9.17) is 6.42 Å². The zero-order valence-corrected chi connectivity index (χ0v) is 8.27. The Hall–Kier alpha value is -1.91. The third-order valence-electron chi connectivity index (χ3n) is 2.25. The summed E-state index contributed by atoms with van der Waals surface area (Å²) in [5.74, 6) is 3.33. The molecule has 70 valence electrons. The van der Waals surface area contributed by atoms with Crippen molar-refractivity contribution >= 4 is 0 Å². The summed E-state index contributed by atoms with van der Waals surface area (Å²) in [5, 5.41) is 0. The van der Waals surface area contributed by atoms with E-state index in [0.717, 1.165) is 17.0 Å². The average Bonchev–Trinajstić information content (AvgIpc) is 2.33. The van der Waals surface area contributed by atoms with Crippen molar-refractivity contribution in [2.75, 3.05) is 0 Å². The second-order valence-corrected chi connectivity index (χ2v) is 3.23. The van der Waals surface area contributed by atoms with Gasteiger partial charge in [-0.2, -0.15) is 0 Å². The first-order chi connectivity index (χ1) is 7.42. The van der Waals surface area contributed by atoms with Crippen molar-refractivity contribution in [3.05, 3.63) is 84.1 Å². The van der Waals surface area contributed by atoms with Crippen LogP contribution in [0.25, 0.3) is 0 Å². The van der Waals surface area contributed by atoms with Gasteiger partial charge in [0.1, 0.15) is 0 Å². The summed E-state index contributed by atoms with van der Waals surface area (Å²) in [6.07, 6.45) is 7.35. The molecule has 0 aliphatic carbocycles. The fraction of sp³-hybridized carbons (Fsp3) is 0. The Kier molecular flexibility index (Phi) is 2.92. The van der Waals surface area contributed by atoms with Gasteiger partial charge in [0, 0.05) is 0 Å². The maximum atomic E-state index is 7.35. The first kappa shape index (κ1) is 9.64. The van der Waals surface area contributed by atoms with Crippen molar-refractivity contribution in [2.24, 2.45) is 0 Å². The molecule has 0 spiro atoms. The van der Waals surface area contributed by atoms with E-state index >= 15 is 0 Å². The molecule has 0 fully saturated rings. The molecule has 0 aliphatic heterocycles. The Morgan fingerprint density at radius 3 is 1.47 bits per heavy atom. The SMILES string of the molecule is [C+]#C[C-](c1ccccc1)c1ccccc1. The number of hydrogen-bond acceptors (Lipinski definition) is 0. The first-order valence-corrected chi connectivity index (χ1v) is 4.82. The van der Waals surface area contributed by atoms with Gasteiger partial charge in [0.25, 0.3) is 0 Å². The molecule has 0 aliphatic rings. The molecule has 0 radical (unpaired) electrons. The maximum absolute atomic E-state index is 7.35. The summed E-state index contributed by atoms with van der Waals surface area (Å²) in [6, 6.07) is 19.8. The molecule has 15 heavy (non-hydrogen) atoms. The molecule has 0 heterocycles. The van der Waals surface area contributed by atoms with E-state index < -0.39 is 0 Å². The molecular weight excluding hydrogens is 180 g/mol. The van der Waals surface area contributed by atoms with Gasteiger partial charge >= 0.3 is 90.1 Å². The van der Waals surface area contributed by atoms with Gasteiger partial charge in [0.05, 0.1) is 0 Å². The Morgan fingerprint density at radius 1 is 0.733 bits per heavy atom. The van der Waals surface area contributed by atoms with Crippen molar-refractivity contribution in [3.63, 3.8) is 0 Å². The third-order valence-corrected chi connectivity index (χ3v) is 2.25. The molecule has 2 aromatic carbocycles. The van der Waals surface area contributed by atoms with Crippen LogP contribution in [0.5, 0.6) is 0 Å². The molecule has 0 aromatic heterocycles. The van der Waals surface area contributed by atoms with Crippen molar-refractivity contribution < 1.29 is 0 Å². The summed E-state index contributed by atoms with van der Waals surface area (Å²) in [6.45, 7) is 0. The molecule has 0 unspecified atom stereocenters. The predicted octanol–water partition coefficient (Wildman–Crippen LogP) is 3.25. The van der Waals surface area contributed by atoms with Crippen LogP contribution in [0.3, 0.4) is 0 Å². The molecule has 0 bridgehead atoms. The normalized spacial score (nSPS) is 9.47. The number of benzene rings is 2. The molecule has 0 nitrogen and oxygen atoms in total. The Balaban J connectivity index is 2.39. The van der Waals surface area contributed by atoms with Gasteiger partial charge in [-0.15, -0.1) is 0 Å². The molecule has 0 N–H and O–H groups in total. The number of rotatable bonds is 2. The summed E-state index contributed by atoms with van der Waals surface area (Å²) < 4.78 is 0. The molecule has 0 amide bonds.